The predicted molar refractivity (Wildman–Crippen MR) is 74.2 cm³/mol. The van der Waals surface area contributed by atoms with E-state index < -0.39 is 21.7 Å². The molecule has 1 aromatic carbocycles. The molecule has 0 aliphatic heterocycles. The van der Waals surface area contributed by atoms with Gasteiger partial charge in [-0.25, -0.2) is 17.9 Å². The third-order valence-corrected chi connectivity index (χ3v) is 4.08. The van der Waals surface area contributed by atoms with Gasteiger partial charge in [-0.05, 0) is 24.1 Å². The predicted octanol–water partition coefficient (Wildman–Crippen LogP) is 1.59. The Labute approximate surface area is 118 Å². The molecule has 1 rings (SSSR count). The third-order valence-electron chi connectivity index (χ3n) is 3.11. The average Bonchev–Trinajstić information content (AvgIpc) is 2.35. The standard InChI is InChI=1S/C13H19FN2O3S/c1-4-9(2)8-16(3)13(17)11-7-10(14)5-6-12(11)20(15,18)19/h5-7,9H,4,8H2,1-3H3,(H2,15,18,19). The van der Waals surface area contributed by atoms with Crippen molar-refractivity contribution in [1.29, 1.82) is 0 Å². The number of halogens is 1. The minimum atomic E-state index is -4.08. The first-order valence-corrected chi connectivity index (χ1v) is 7.79. The molecule has 0 fully saturated rings. The van der Waals surface area contributed by atoms with E-state index in [0.29, 0.717) is 6.54 Å². The van der Waals surface area contributed by atoms with Crippen LogP contribution in [-0.4, -0.2) is 32.8 Å². The van der Waals surface area contributed by atoms with Crippen LogP contribution in [0.5, 0.6) is 0 Å². The van der Waals surface area contributed by atoms with Gasteiger partial charge in [-0.3, -0.25) is 4.79 Å². The smallest absolute Gasteiger partial charge is 0.255 e. The summed E-state index contributed by atoms with van der Waals surface area (Å²) < 4.78 is 36.2. The van der Waals surface area contributed by atoms with Crippen LogP contribution in [0.15, 0.2) is 23.1 Å². The first kappa shape index (κ1) is 16.6. The lowest BCUT2D eigenvalue weighted by molar-refractivity contribution is 0.0770. The van der Waals surface area contributed by atoms with Gasteiger partial charge >= 0.3 is 0 Å². The fourth-order valence-corrected chi connectivity index (χ4v) is 2.51. The van der Waals surface area contributed by atoms with Gasteiger partial charge in [-0.1, -0.05) is 20.3 Å². The summed E-state index contributed by atoms with van der Waals surface area (Å²) in [4.78, 5) is 13.3. The molecule has 0 aliphatic rings. The largest absolute Gasteiger partial charge is 0.341 e. The zero-order chi connectivity index (χ0) is 15.5. The average molecular weight is 302 g/mol. The molecule has 1 unspecified atom stereocenters. The van der Waals surface area contributed by atoms with Gasteiger partial charge in [0.05, 0.1) is 10.5 Å². The molecule has 0 radical (unpaired) electrons. The second-order valence-corrected chi connectivity index (χ2v) is 6.41. The lowest BCUT2D eigenvalue weighted by Crippen LogP contribution is -2.32. The molecule has 0 saturated heterocycles. The Morgan fingerprint density at radius 2 is 2.05 bits per heavy atom. The molecule has 112 valence electrons. The van der Waals surface area contributed by atoms with Crippen LogP contribution in [-0.2, 0) is 10.0 Å². The fraction of sp³-hybridized carbons (Fsp3) is 0.462. The van der Waals surface area contributed by atoms with E-state index in [4.69, 9.17) is 5.14 Å². The molecule has 0 bridgehead atoms. The number of sulfonamides is 1. The molecule has 1 aromatic rings. The SMILES string of the molecule is CCC(C)CN(C)C(=O)c1cc(F)ccc1S(N)(=O)=O. The summed E-state index contributed by atoms with van der Waals surface area (Å²) in [6, 6.07) is 2.87. The van der Waals surface area contributed by atoms with Crippen molar-refractivity contribution < 1.29 is 17.6 Å². The van der Waals surface area contributed by atoms with Crippen LogP contribution in [0, 0.1) is 11.7 Å². The lowest BCUT2D eigenvalue weighted by Gasteiger charge is -2.21. The minimum Gasteiger partial charge on any atom is -0.341 e. The maximum Gasteiger partial charge on any atom is 0.255 e. The summed E-state index contributed by atoms with van der Waals surface area (Å²) in [5, 5.41) is 5.05. The van der Waals surface area contributed by atoms with E-state index >= 15 is 0 Å². The van der Waals surface area contributed by atoms with Gasteiger partial charge in [0.15, 0.2) is 0 Å². The summed E-state index contributed by atoms with van der Waals surface area (Å²) in [6.45, 7) is 4.41. The van der Waals surface area contributed by atoms with Crippen LogP contribution in [0.1, 0.15) is 30.6 Å². The number of amides is 1. The van der Waals surface area contributed by atoms with E-state index in [9.17, 15) is 17.6 Å². The summed E-state index contributed by atoms with van der Waals surface area (Å²) in [5.74, 6) is -0.984. The highest BCUT2D eigenvalue weighted by atomic mass is 32.2. The molecular weight excluding hydrogens is 283 g/mol. The molecule has 5 nitrogen and oxygen atoms in total. The van der Waals surface area contributed by atoms with Crippen LogP contribution >= 0.6 is 0 Å². The molecular formula is C13H19FN2O3S. The van der Waals surface area contributed by atoms with Crippen LogP contribution in [0.2, 0.25) is 0 Å². The Morgan fingerprint density at radius 1 is 1.45 bits per heavy atom. The second kappa shape index (κ2) is 6.32. The van der Waals surface area contributed by atoms with Gasteiger partial charge in [0.25, 0.3) is 5.91 Å². The fourth-order valence-electron chi connectivity index (χ4n) is 1.80. The summed E-state index contributed by atoms with van der Waals surface area (Å²) in [6.07, 6.45) is 0.878. The molecule has 0 spiro atoms. The van der Waals surface area contributed by atoms with Gasteiger partial charge in [-0.15, -0.1) is 0 Å². The van der Waals surface area contributed by atoms with Crippen molar-refractivity contribution in [1.82, 2.24) is 4.90 Å². The van der Waals surface area contributed by atoms with E-state index in [1.54, 1.807) is 7.05 Å². The Bertz CT molecular complexity index is 602. The van der Waals surface area contributed by atoms with Crippen molar-refractivity contribution >= 4 is 15.9 Å². The molecule has 1 amide bonds. The van der Waals surface area contributed by atoms with Gasteiger partial charge in [0.2, 0.25) is 10.0 Å². The Kier molecular flexibility index (Phi) is 5.24. The normalized spacial score (nSPS) is 13.1. The molecule has 1 atom stereocenters. The van der Waals surface area contributed by atoms with Crippen molar-refractivity contribution in [3.63, 3.8) is 0 Å². The quantitative estimate of drug-likeness (QED) is 0.897. The highest BCUT2D eigenvalue weighted by Crippen LogP contribution is 2.18. The molecule has 7 heteroatoms. The zero-order valence-corrected chi connectivity index (χ0v) is 12.6. The summed E-state index contributed by atoms with van der Waals surface area (Å²) in [5.41, 5.74) is -0.238. The number of nitrogens with two attached hydrogens (primary N) is 1. The molecule has 0 aliphatic carbocycles. The maximum absolute atomic E-state index is 13.3. The van der Waals surface area contributed by atoms with Crippen LogP contribution in [0.3, 0.4) is 0 Å². The highest BCUT2D eigenvalue weighted by Gasteiger charge is 2.23. The number of hydrogen-bond donors (Lipinski definition) is 1. The maximum atomic E-state index is 13.3. The van der Waals surface area contributed by atoms with Crippen molar-refractivity contribution in [2.24, 2.45) is 11.1 Å². The van der Waals surface area contributed by atoms with Crippen molar-refractivity contribution in [2.75, 3.05) is 13.6 Å². The monoisotopic (exact) mass is 302 g/mol. The topological polar surface area (TPSA) is 80.5 Å². The number of nitrogens with zero attached hydrogens (tertiary/aromatic N) is 1. The van der Waals surface area contributed by atoms with Gasteiger partial charge in [0, 0.05) is 13.6 Å². The number of carbonyl (C=O) groups is 1. The third kappa shape index (κ3) is 4.01. The minimum absolute atomic E-state index is 0.238. The van der Waals surface area contributed by atoms with Gasteiger partial charge in [0.1, 0.15) is 5.82 Å². The highest BCUT2D eigenvalue weighted by molar-refractivity contribution is 7.89. The van der Waals surface area contributed by atoms with Crippen LogP contribution < -0.4 is 5.14 Å². The van der Waals surface area contributed by atoms with Crippen molar-refractivity contribution in [3.8, 4) is 0 Å². The van der Waals surface area contributed by atoms with Gasteiger partial charge in [-0.2, -0.15) is 0 Å². The van der Waals surface area contributed by atoms with Crippen molar-refractivity contribution in [3.05, 3.63) is 29.6 Å². The molecule has 0 heterocycles. The van der Waals surface area contributed by atoms with Crippen molar-refractivity contribution in [2.45, 2.75) is 25.2 Å². The summed E-state index contributed by atoms with van der Waals surface area (Å²) in [7, 11) is -2.53. The Hall–Kier alpha value is -1.47. The first-order chi connectivity index (χ1) is 9.16. The molecule has 0 saturated carbocycles. The van der Waals surface area contributed by atoms with Gasteiger partial charge < -0.3 is 4.90 Å². The number of benzene rings is 1. The first-order valence-electron chi connectivity index (χ1n) is 6.24. The second-order valence-electron chi connectivity index (χ2n) is 4.88. The Morgan fingerprint density at radius 3 is 2.55 bits per heavy atom. The van der Waals surface area contributed by atoms with E-state index in [1.165, 1.54) is 4.90 Å². The number of rotatable bonds is 5. The van der Waals surface area contributed by atoms with E-state index in [1.807, 2.05) is 13.8 Å². The number of primary sulfonamides is 1. The lowest BCUT2D eigenvalue weighted by atomic mass is 10.1. The van der Waals surface area contributed by atoms with E-state index in [2.05, 4.69) is 0 Å². The van der Waals surface area contributed by atoms with Crippen LogP contribution in [0.4, 0.5) is 4.39 Å². The Balaban J connectivity index is 3.18. The number of hydrogen-bond acceptors (Lipinski definition) is 3. The van der Waals surface area contributed by atoms with E-state index in [0.717, 1.165) is 24.6 Å². The molecule has 2 N–H and O–H groups in total. The van der Waals surface area contributed by atoms with Crippen LogP contribution in [0.25, 0.3) is 0 Å². The molecule has 0 aromatic heterocycles. The number of carbonyl (C=O) groups excluding carboxylic acids is 1. The zero-order valence-electron chi connectivity index (χ0n) is 11.8. The summed E-state index contributed by atoms with van der Waals surface area (Å²) >= 11 is 0. The van der Waals surface area contributed by atoms with E-state index in [-0.39, 0.29) is 16.4 Å². The molecule has 20 heavy (non-hydrogen) atoms.